The number of nitrogens with zero attached hydrogens (tertiary/aromatic N) is 4. The van der Waals surface area contributed by atoms with Crippen LogP contribution in [0, 0.1) is 0 Å². The molecule has 23 heavy (non-hydrogen) atoms. The Morgan fingerprint density at radius 2 is 2.17 bits per heavy atom. The van der Waals surface area contributed by atoms with Crippen molar-refractivity contribution in [1.82, 2.24) is 19.9 Å². The monoisotopic (exact) mass is 330 g/mol. The molecule has 4 N–H and O–H groups in total. The standard InChI is InChI=1S/C15H18N6OS/c16-13-18-6-9-2-4-15(11(9)20-13)3-1-5-21(8-15)12(22)10-7-23-14(17)19-10/h6-7H,1-5,8H2,(H2,17,19)(H2,16,18,20). The Kier molecular flexibility index (Phi) is 3.22. The molecule has 2 aromatic rings. The number of nitrogens with two attached hydrogens (primary N) is 2. The number of rotatable bonds is 1. The van der Waals surface area contributed by atoms with Crippen LogP contribution in [-0.4, -0.2) is 38.8 Å². The summed E-state index contributed by atoms with van der Waals surface area (Å²) < 4.78 is 0. The van der Waals surface area contributed by atoms with Crippen LogP contribution >= 0.6 is 11.3 Å². The predicted octanol–water partition coefficient (Wildman–Crippen LogP) is 1.22. The summed E-state index contributed by atoms with van der Waals surface area (Å²) >= 11 is 1.29. The number of aromatic nitrogens is 3. The van der Waals surface area contributed by atoms with E-state index in [0.29, 0.717) is 23.3 Å². The molecule has 1 atom stereocenters. The summed E-state index contributed by atoms with van der Waals surface area (Å²) in [6.45, 7) is 1.40. The Morgan fingerprint density at radius 3 is 2.96 bits per heavy atom. The molecule has 8 heteroatoms. The summed E-state index contributed by atoms with van der Waals surface area (Å²) in [6.07, 6.45) is 5.74. The Bertz CT molecular complexity index is 771. The Morgan fingerprint density at radius 1 is 1.30 bits per heavy atom. The van der Waals surface area contributed by atoms with Crippen LogP contribution in [0.4, 0.5) is 11.1 Å². The topological polar surface area (TPSA) is 111 Å². The number of carbonyl (C=O) groups excluding carboxylic acids is 1. The molecular formula is C15H18N6OS. The van der Waals surface area contributed by atoms with Gasteiger partial charge in [-0.1, -0.05) is 0 Å². The lowest BCUT2D eigenvalue weighted by molar-refractivity contribution is 0.0628. The van der Waals surface area contributed by atoms with Crippen molar-refractivity contribution in [2.24, 2.45) is 0 Å². The summed E-state index contributed by atoms with van der Waals surface area (Å²) in [7, 11) is 0. The number of nitrogen functional groups attached to an aromatic ring is 2. The smallest absolute Gasteiger partial charge is 0.273 e. The first-order valence-corrected chi connectivity index (χ1v) is 8.57. The largest absolute Gasteiger partial charge is 0.375 e. The Balaban J connectivity index is 1.64. The average Bonchev–Trinajstić information content (AvgIpc) is 3.12. The second-order valence-electron chi connectivity index (χ2n) is 6.28. The number of hydrogen-bond donors (Lipinski definition) is 2. The van der Waals surface area contributed by atoms with E-state index < -0.39 is 0 Å². The first-order valence-electron chi connectivity index (χ1n) is 7.70. The van der Waals surface area contributed by atoms with Crippen LogP contribution in [0.3, 0.4) is 0 Å². The van der Waals surface area contributed by atoms with Gasteiger partial charge in [0.2, 0.25) is 5.95 Å². The van der Waals surface area contributed by atoms with Crippen LogP contribution in [0.25, 0.3) is 0 Å². The molecule has 3 heterocycles. The first-order chi connectivity index (χ1) is 11.1. The molecule has 7 nitrogen and oxygen atoms in total. The van der Waals surface area contributed by atoms with Gasteiger partial charge in [-0.15, -0.1) is 11.3 Å². The van der Waals surface area contributed by atoms with E-state index >= 15 is 0 Å². The summed E-state index contributed by atoms with van der Waals surface area (Å²) in [5.74, 6) is 0.258. The molecule has 0 radical (unpaired) electrons. The fourth-order valence-corrected chi connectivity index (χ4v) is 4.34. The zero-order valence-electron chi connectivity index (χ0n) is 12.7. The van der Waals surface area contributed by atoms with E-state index in [1.54, 1.807) is 5.38 Å². The molecule has 2 aliphatic rings. The second-order valence-corrected chi connectivity index (χ2v) is 7.17. The highest BCUT2D eigenvalue weighted by Crippen LogP contribution is 2.44. The molecule has 120 valence electrons. The van der Waals surface area contributed by atoms with E-state index in [2.05, 4.69) is 15.0 Å². The Hall–Kier alpha value is -2.22. The molecule has 1 spiro atoms. The molecule has 0 bridgehead atoms. The van der Waals surface area contributed by atoms with Crippen molar-refractivity contribution in [3.8, 4) is 0 Å². The Labute approximate surface area is 137 Å². The fraction of sp³-hybridized carbons (Fsp3) is 0.467. The van der Waals surface area contributed by atoms with Crippen LogP contribution in [0.2, 0.25) is 0 Å². The van der Waals surface area contributed by atoms with Crippen LogP contribution in [0.5, 0.6) is 0 Å². The third-order valence-electron chi connectivity index (χ3n) is 4.86. The first kappa shape index (κ1) is 14.4. The summed E-state index contributed by atoms with van der Waals surface area (Å²) in [5, 5.41) is 2.15. The normalized spacial score (nSPS) is 23.2. The highest BCUT2D eigenvalue weighted by atomic mass is 32.1. The number of thiazole rings is 1. The van der Waals surface area contributed by atoms with E-state index in [-0.39, 0.29) is 11.3 Å². The highest BCUT2D eigenvalue weighted by Gasteiger charge is 2.45. The van der Waals surface area contributed by atoms with Gasteiger partial charge < -0.3 is 16.4 Å². The van der Waals surface area contributed by atoms with Crippen molar-refractivity contribution >= 4 is 28.3 Å². The SMILES string of the molecule is Nc1ncc2c(n1)C1(CCCN(C(=O)c3csc(N)n3)C1)CC2. The molecule has 2 aromatic heterocycles. The van der Waals surface area contributed by atoms with Crippen molar-refractivity contribution in [1.29, 1.82) is 0 Å². The average molecular weight is 330 g/mol. The van der Waals surface area contributed by atoms with Gasteiger partial charge in [-0.05, 0) is 31.2 Å². The molecule has 1 aliphatic carbocycles. The third-order valence-corrected chi connectivity index (χ3v) is 5.54. The molecule has 0 aromatic carbocycles. The fourth-order valence-electron chi connectivity index (χ4n) is 3.81. The van der Waals surface area contributed by atoms with Gasteiger partial charge in [0.15, 0.2) is 5.13 Å². The van der Waals surface area contributed by atoms with Crippen LogP contribution in [0.1, 0.15) is 41.0 Å². The van der Waals surface area contributed by atoms with Gasteiger partial charge in [0.1, 0.15) is 5.69 Å². The van der Waals surface area contributed by atoms with E-state index in [1.807, 2.05) is 11.1 Å². The minimum atomic E-state index is -0.0954. The van der Waals surface area contributed by atoms with Gasteiger partial charge >= 0.3 is 0 Å². The van der Waals surface area contributed by atoms with Crippen LogP contribution < -0.4 is 11.5 Å². The van der Waals surface area contributed by atoms with Gasteiger partial charge in [0, 0.05) is 30.1 Å². The van der Waals surface area contributed by atoms with Crippen molar-refractivity contribution in [3.05, 3.63) is 28.5 Å². The molecule has 1 amide bonds. The zero-order chi connectivity index (χ0) is 16.0. The van der Waals surface area contributed by atoms with Gasteiger partial charge in [0.05, 0.1) is 5.69 Å². The van der Waals surface area contributed by atoms with E-state index in [9.17, 15) is 4.79 Å². The van der Waals surface area contributed by atoms with Crippen LogP contribution in [-0.2, 0) is 11.8 Å². The maximum absolute atomic E-state index is 12.7. The summed E-state index contributed by atoms with van der Waals surface area (Å²) in [4.78, 5) is 27.3. The minimum Gasteiger partial charge on any atom is -0.375 e. The number of amides is 1. The zero-order valence-corrected chi connectivity index (χ0v) is 13.5. The summed E-state index contributed by atoms with van der Waals surface area (Å²) in [6, 6.07) is 0. The highest BCUT2D eigenvalue weighted by molar-refractivity contribution is 7.13. The quantitative estimate of drug-likeness (QED) is 0.813. The van der Waals surface area contributed by atoms with E-state index in [1.165, 1.54) is 11.3 Å². The number of anilines is 2. The molecule has 1 aliphatic heterocycles. The molecule has 1 fully saturated rings. The molecule has 1 unspecified atom stereocenters. The van der Waals surface area contributed by atoms with E-state index in [0.717, 1.165) is 43.5 Å². The van der Waals surface area contributed by atoms with Gasteiger partial charge in [-0.25, -0.2) is 15.0 Å². The lowest BCUT2D eigenvalue weighted by atomic mass is 9.77. The van der Waals surface area contributed by atoms with Crippen molar-refractivity contribution in [2.45, 2.75) is 31.1 Å². The van der Waals surface area contributed by atoms with Crippen molar-refractivity contribution in [3.63, 3.8) is 0 Å². The van der Waals surface area contributed by atoms with Crippen molar-refractivity contribution < 1.29 is 4.79 Å². The van der Waals surface area contributed by atoms with Gasteiger partial charge in [-0.3, -0.25) is 4.79 Å². The summed E-state index contributed by atoms with van der Waals surface area (Å²) in [5.41, 5.74) is 14.0. The predicted molar refractivity (Wildman–Crippen MR) is 88.1 cm³/mol. The molecular weight excluding hydrogens is 312 g/mol. The second kappa shape index (κ2) is 5.16. The third kappa shape index (κ3) is 2.33. The minimum absolute atomic E-state index is 0.0486. The van der Waals surface area contributed by atoms with Gasteiger partial charge in [-0.2, -0.15) is 0 Å². The van der Waals surface area contributed by atoms with Crippen LogP contribution in [0.15, 0.2) is 11.6 Å². The van der Waals surface area contributed by atoms with Gasteiger partial charge in [0.25, 0.3) is 5.91 Å². The number of aryl methyl sites for hydroxylation is 1. The number of carbonyl (C=O) groups is 1. The number of hydrogen-bond acceptors (Lipinski definition) is 7. The van der Waals surface area contributed by atoms with E-state index in [4.69, 9.17) is 11.5 Å². The number of fused-ring (bicyclic) bond motifs is 2. The number of likely N-dealkylation sites (tertiary alicyclic amines) is 1. The number of piperidine rings is 1. The maximum Gasteiger partial charge on any atom is 0.273 e. The maximum atomic E-state index is 12.7. The lowest BCUT2D eigenvalue weighted by Crippen LogP contribution is -2.48. The lowest BCUT2D eigenvalue weighted by Gasteiger charge is -2.40. The molecule has 1 saturated heterocycles. The van der Waals surface area contributed by atoms with Crippen molar-refractivity contribution in [2.75, 3.05) is 24.6 Å². The molecule has 4 rings (SSSR count). The molecule has 0 saturated carbocycles.